The molecule has 0 aromatic heterocycles. The van der Waals surface area contributed by atoms with E-state index in [1.807, 2.05) is 0 Å². The molecule has 0 saturated carbocycles. The first-order valence-corrected chi connectivity index (χ1v) is 10.0. The zero-order valence-electron chi connectivity index (χ0n) is 14.0. The van der Waals surface area contributed by atoms with Gasteiger partial charge in [-0.25, -0.2) is 14.2 Å². The van der Waals surface area contributed by atoms with E-state index in [1.54, 1.807) is 37.3 Å². The highest BCUT2D eigenvalue weighted by atomic mass is 127. The van der Waals surface area contributed by atoms with Gasteiger partial charge < -0.3 is 9.47 Å². The molecule has 0 N–H and O–H groups in total. The molecule has 1 aliphatic rings. The summed E-state index contributed by atoms with van der Waals surface area (Å²) in [5, 5.41) is 0. The van der Waals surface area contributed by atoms with Gasteiger partial charge in [0, 0.05) is 6.42 Å². The van der Waals surface area contributed by atoms with Gasteiger partial charge in [-0.2, -0.15) is 0 Å². The molecule has 27 heavy (non-hydrogen) atoms. The van der Waals surface area contributed by atoms with Gasteiger partial charge in [0.15, 0.2) is 11.4 Å². The van der Waals surface area contributed by atoms with Crippen molar-refractivity contribution in [3.8, 4) is 5.75 Å². The van der Waals surface area contributed by atoms with Crippen LogP contribution in [0.1, 0.15) is 24.5 Å². The van der Waals surface area contributed by atoms with Crippen molar-refractivity contribution in [2.75, 3.05) is 0 Å². The van der Waals surface area contributed by atoms with Gasteiger partial charge in [0.05, 0.1) is 12.7 Å². The fourth-order valence-corrected chi connectivity index (χ4v) is 4.30. The maximum Gasteiger partial charge on any atom is 0.363 e. The maximum atomic E-state index is 13.9. The summed E-state index contributed by atoms with van der Waals surface area (Å²) in [7, 11) is 0. The lowest BCUT2D eigenvalue weighted by Gasteiger charge is -2.09. The van der Waals surface area contributed by atoms with Crippen LogP contribution in [0, 0.1) is 13.0 Å². The largest absolute Gasteiger partial charge is 0.424 e. The average Bonchev–Trinajstić information content (AvgIpc) is 2.98. The van der Waals surface area contributed by atoms with Crippen LogP contribution in [-0.4, -0.2) is 17.8 Å². The molecule has 5 nitrogen and oxygen atoms in total. The highest BCUT2D eigenvalue weighted by Crippen LogP contribution is 2.31. The van der Waals surface area contributed by atoms with Crippen molar-refractivity contribution in [2.45, 2.75) is 13.3 Å². The molecule has 0 amide bonds. The Kier molecular flexibility index (Phi) is 6.25. The highest BCUT2D eigenvalue weighted by molar-refractivity contribution is 14.1. The van der Waals surface area contributed by atoms with Gasteiger partial charge in [-0.05, 0) is 81.1 Å². The third-order valence-corrected chi connectivity index (χ3v) is 5.16. The first kappa shape index (κ1) is 19.9. The molecule has 3 rings (SSSR count). The van der Waals surface area contributed by atoms with Crippen molar-refractivity contribution in [1.29, 1.82) is 0 Å². The van der Waals surface area contributed by atoms with Gasteiger partial charge in [0.25, 0.3) is 0 Å². The Balaban J connectivity index is 1.93. The summed E-state index contributed by atoms with van der Waals surface area (Å²) in [5.41, 5.74) is 0.879. The van der Waals surface area contributed by atoms with Gasteiger partial charge in [0.1, 0.15) is 5.82 Å². The smallest absolute Gasteiger partial charge is 0.363 e. The summed E-state index contributed by atoms with van der Waals surface area (Å²) in [6, 6.07) is 9.47. The Morgan fingerprint density at radius 1 is 1.26 bits per heavy atom. The molecule has 2 aromatic rings. The summed E-state index contributed by atoms with van der Waals surface area (Å²) in [4.78, 5) is 27.7. The molecule has 0 unspecified atom stereocenters. The molecule has 0 radical (unpaired) electrons. The quantitative estimate of drug-likeness (QED) is 0.224. The second kappa shape index (κ2) is 8.46. The number of ether oxygens (including phenoxy) is 2. The first-order chi connectivity index (χ1) is 12.9. The summed E-state index contributed by atoms with van der Waals surface area (Å²) in [6.07, 6.45) is 1.82. The van der Waals surface area contributed by atoms with E-state index >= 15 is 0 Å². The number of cyclic esters (lactones) is 1. The first-order valence-electron chi connectivity index (χ1n) is 7.86. The summed E-state index contributed by atoms with van der Waals surface area (Å²) < 4.78 is 25.7. The molecule has 0 aliphatic carbocycles. The van der Waals surface area contributed by atoms with E-state index in [1.165, 1.54) is 12.1 Å². The Labute approximate surface area is 181 Å². The van der Waals surface area contributed by atoms with Crippen molar-refractivity contribution in [2.24, 2.45) is 4.99 Å². The Bertz CT molecular complexity index is 978. The van der Waals surface area contributed by atoms with Crippen molar-refractivity contribution in [1.82, 2.24) is 0 Å². The molecule has 8 heteroatoms. The molecule has 0 atom stereocenters. The van der Waals surface area contributed by atoms with Crippen LogP contribution in [0.15, 0.2) is 47.1 Å². The molecule has 138 valence electrons. The number of aliphatic imine (C=N–C) groups is 1. The zero-order chi connectivity index (χ0) is 19.6. The van der Waals surface area contributed by atoms with E-state index in [0.717, 1.165) is 7.14 Å². The van der Waals surface area contributed by atoms with Gasteiger partial charge in [-0.3, -0.25) is 4.79 Å². The number of hydrogen-bond donors (Lipinski definition) is 0. The van der Waals surface area contributed by atoms with Gasteiger partial charge in [-0.15, -0.1) is 0 Å². The SMILES string of the molecule is CCC(=O)Oc1c(I)cc(/C=C2\N=C(c3ccccc3F)OC2=O)cc1I. The van der Waals surface area contributed by atoms with Crippen LogP contribution in [0.2, 0.25) is 0 Å². The van der Waals surface area contributed by atoms with Crippen molar-refractivity contribution < 1.29 is 23.5 Å². The van der Waals surface area contributed by atoms with E-state index in [2.05, 4.69) is 50.2 Å². The molecule has 1 aliphatic heterocycles. The molecule has 0 bridgehead atoms. The number of benzene rings is 2. The second-order valence-corrected chi connectivity index (χ2v) is 7.78. The predicted octanol–water partition coefficient (Wildman–Crippen LogP) is 4.69. The predicted molar refractivity (Wildman–Crippen MR) is 115 cm³/mol. The van der Waals surface area contributed by atoms with E-state index in [-0.39, 0.29) is 29.5 Å². The molecule has 1 heterocycles. The van der Waals surface area contributed by atoms with E-state index in [0.29, 0.717) is 11.3 Å². The molecule has 0 fully saturated rings. The van der Waals surface area contributed by atoms with Crippen LogP contribution in [0.25, 0.3) is 6.08 Å². The number of esters is 2. The number of carbonyl (C=O) groups excluding carboxylic acids is 2. The van der Waals surface area contributed by atoms with E-state index in [9.17, 15) is 14.0 Å². The maximum absolute atomic E-state index is 13.9. The number of carbonyl (C=O) groups is 2. The molecule has 2 aromatic carbocycles. The molecule has 0 saturated heterocycles. The van der Waals surface area contributed by atoms with Gasteiger partial charge in [-0.1, -0.05) is 19.1 Å². The van der Waals surface area contributed by atoms with Crippen LogP contribution in [0.3, 0.4) is 0 Å². The minimum Gasteiger partial charge on any atom is -0.424 e. The van der Waals surface area contributed by atoms with Crippen LogP contribution in [-0.2, 0) is 14.3 Å². The fourth-order valence-electron chi connectivity index (χ4n) is 2.26. The van der Waals surface area contributed by atoms with E-state index in [4.69, 9.17) is 9.47 Å². The van der Waals surface area contributed by atoms with E-state index < -0.39 is 11.8 Å². The standard InChI is InChI=1S/C19H12FI2NO4/c1-2-16(24)26-17-13(21)7-10(8-14(17)22)9-15-19(25)27-18(23-15)11-5-3-4-6-12(11)20/h3-9H,2H2,1H3/b15-9-. The lowest BCUT2D eigenvalue weighted by Crippen LogP contribution is -2.08. The van der Waals surface area contributed by atoms with Crippen LogP contribution in [0.4, 0.5) is 4.39 Å². The van der Waals surface area contributed by atoms with Crippen LogP contribution >= 0.6 is 45.2 Å². The Morgan fingerprint density at radius 2 is 1.93 bits per heavy atom. The fraction of sp³-hybridized carbons (Fsp3) is 0.105. The van der Waals surface area contributed by atoms with Crippen molar-refractivity contribution in [3.05, 3.63) is 66.2 Å². The lowest BCUT2D eigenvalue weighted by atomic mass is 10.2. The number of halogens is 3. The zero-order valence-corrected chi connectivity index (χ0v) is 18.3. The summed E-state index contributed by atoms with van der Waals surface area (Å²) in [6.45, 7) is 1.72. The Hall–Kier alpha value is -1.82. The molecular formula is C19H12FI2NO4. The molecule has 0 spiro atoms. The number of hydrogen-bond acceptors (Lipinski definition) is 5. The molecular weight excluding hydrogens is 579 g/mol. The van der Waals surface area contributed by atoms with Gasteiger partial charge >= 0.3 is 11.9 Å². The normalized spacial score (nSPS) is 14.9. The number of nitrogens with zero attached hydrogens (tertiary/aromatic N) is 1. The van der Waals surface area contributed by atoms with Crippen molar-refractivity contribution >= 4 is 69.1 Å². The average molecular weight is 591 g/mol. The number of rotatable bonds is 4. The minimum absolute atomic E-state index is 0.0674. The monoisotopic (exact) mass is 591 g/mol. The minimum atomic E-state index is -0.653. The van der Waals surface area contributed by atoms with Crippen LogP contribution < -0.4 is 4.74 Å². The van der Waals surface area contributed by atoms with Crippen molar-refractivity contribution in [3.63, 3.8) is 0 Å². The van der Waals surface area contributed by atoms with Gasteiger partial charge in [0.2, 0.25) is 5.90 Å². The summed E-state index contributed by atoms with van der Waals surface area (Å²) in [5.74, 6) is -1.08. The van der Waals surface area contributed by atoms with Crippen LogP contribution in [0.5, 0.6) is 5.75 Å². The second-order valence-electron chi connectivity index (χ2n) is 5.46. The third-order valence-electron chi connectivity index (χ3n) is 3.55. The lowest BCUT2D eigenvalue weighted by molar-refractivity contribution is -0.134. The third kappa shape index (κ3) is 4.54. The topological polar surface area (TPSA) is 65.0 Å². The summed E-state index contributed by atoms with van der Waals surface area (Å²) >= 11 is 4.12. The highest BCUT2D eigenvalue weighted by Gasteiger charge is 2.26. The Morgan fingerprint density at radius 3 is 2.56 bits per heavy atom.